The highest BCUT2D eigenvalue weighted by molar-refractivity contribution is 6.43. The molecule has 0 saturated carbocycles. The van der Waals surface area contributed by atoms with Gasteiger partial charge in [0.2, 0.25) is 0 Å². The summed E-state index contributed by atoms with van der Waals surface area (Å²) in [6.45, 7) is 8.07. The summed E-state index contributed by atoms with van der Waals surface area (Å²) in [6.07, 6.45) is 6.02. The number of Topliss-reactive ketones (excluding diaryl/α,β-unsaturated/α-hetero) is 2. The fourth-order valence-electron chi connectivity index (χ4n) is 6.98. The van der Waals surface area contributed by atoms with Crippen molar-refractivity contribution in [2.75, 3.05) is 0 Å². The molecule has 1 aliphatic heterocycles. The summed E-state index contributed by atoms with van der Waals surface area (Å²) < 4.78 is 6.14. The molecule has 2 N–H and O–H groups in total. The van der Waals surface area contributed by atoms with Crippen LogP contribution in [0.5, 0.6) is 5.75 Å². The van der Waals surface area contributed by atoms with Gasteiger partial charge in [-0.15, -0.1) is 0 Å². The van der Waals surface area contributed by atoms with Gasteiger partial charge in [0.25, 0.3) is 0 Å². The van der Waals surface area contributed by atoms with Gasteiger partial charge in [-0.05, 0) is 92.6 Å². The molecule has 0 bridgehead atoms. The first-order valence-corrected chi connectivity index (χ1v) is 14.0. The average molecular weight is 512 g/mol. The zero-order valence-corrected chi connectivity index (χ0v) is 22.8. The van der Waals surface area contributed by atoms with E-state index < -0.39 is 13.0 Å². The van der Waals surface area contributed by atoms with Crippen molar-refractivity contribution in [3.05, 3.63) is 80.9 Å². The van der Waals surface area contributed by atoms with Gasteiger partial charge in [-0.1, -0.05) is 55.3 Å². The minimum absolute atomic E-state index is 0.0305. The molecule has 6 heteroatoms. The quantitative estimate of drug-likeness (QED) is 0.341. The Labute approximate surface area is 225 Å². The van der Waals surface area contributed by atoms with E-state index in [4.69, 9.17) is 4.65 Å². The lowest BCUT2D eigenvalue weighted by Gasteiger charge is -2.47. The third kappa shape index (κ3) is 4.69. The Morgan fingerprint density at radius 3 is 2.34 bits per heavy atom. The monoisotopic (exact) mass is 512 g/mol. The number of carbonyl (C=O) groups excluding carboxylic acids is 2. The predicted molar refractivity (Wildman–Crippen MR) is 150 cm³/mol. The number of aryl methyl sites for hydroxylation is 2. The van der Waals surface area contributed by atoms with Crippen LogP contribution < -0.4 is 0 Å². The van der Waals surface area contributed by atoms with Crippen LogP contribution in [0.25, 0.3) is 6.08 Å². The Morgan fingerprint density at radius 1 is 1.05 bits per heavy atom. The van der Waals surface area contributed by atoms with Crippen LogP contribution in [0.1, 0.15) is 83.4 Å². The van der Waals surface area contributed by atoms with E-state index >= 15 is 0 Å². The maximum atomic E-state index is 13.7. The van der Waals surface area contributed by atoms with Crippen molar-refractivity contribution >= 4 is 24.8 Å². The first kappa shape index (κ1) is 26.6. The van der Waals surface area contributed by atoms with Crippen molar-refractivity contribution in [1.82, 2.24) is 0 Å². The van der Waals surface area contributed by atoms with Crippen LogP contribution in [-0.2, 0) is 4.65 Å². The number of allylic oxidation sites excluding steroid dienone is 2. The van der Waals surface area contributed by atoms with Crippen molar-refractivity contribution in [3.8, 4) is 5.75 Å². The van der Waals surface area contributed by atoms with Crippen molar-refractivity contribution in [1.29, 1.82) is 0 Å². The molecule has 0 amide bonds. The maximum Gasteiger partial charge on any atom is 0.455 e. The van der Waals surface area contributed by atoms with E-state index in [1.165, 1.54) is 11.1 Å². The highest BCUT2D eigenvalue weighted by Crippen LogP contribution is 2.51. The number of rotatable bonds is 6. The average Bonchev–Trinajstić information content (AvgIpc) is 2.91. The molecule has 198 valence electrons. The van der Waals surface area contributed by atoms with Crippen LogP contribution in [0, 0.1) is 31.6 Å². The molecular formula is C32H37BO5. The summed E-state index contributed by atoms with van der Waals surface area (Å²) in [6, 6.07) is 11.2. The number of carbonyl (C=O) groups is 2. The molecule has 0 unspecified atom stereocenters. The number of fused-ring (bicyclic) bond motifs is 4. The summed E-state index contributed by atoms with van der Waals surface area (Å²) in [7, 11) is -0.956. The molecule has 1 fully saturated rings. The van der Waals surface area contributed by atoms with Gasteiger partial charge in [0.15, 0.2) is 11.6 Å². The van der Waals surface area contributed by atoms with Gasteiger partial charge >= 0.3 is 7.12 Å². The molecule has 2 aliphatic carbocycles. The molecule has 3 aliphatic rings. The lowest BCUT2D eigenvalue weighted by Crippen LogP contribution is -2.50. The van der Waals surface area contributed by atoms with Crippen LogP contribution in [0.2, 0.25) is 6.32 Å². The van der Waals surface area contributed by atoms with E-state index in [1.807, 2.05) is 38.1 Å². The van der Waals surface area contributed by atoms with Gasteiger partial charge in [-0.25, -0.2) is 0 Å². The van der Waals surface area contributed by atoms with E-state index in [0.29, 0.717) is 36.0 Å². The summed E-state index contributed by atoms with van der Waals surface area (Å²) in [4.78, 5) is 27.2. The first-order chi connectivity index (χ1) is 18.2. The SMILES string of the molecule is CCC1=C2[C@@H](CC/C(=C/c3cc(C)c(O)c(C)c3)CC)OB(O)C[C@@H]2[C@@H]2C(=O)c3ccccc3C(=O)[C@@H]2C1. The van der Waals surface area contributed by atoms with Gasteiger partial charge < -0.3 is 14.8 Å². The molecule has 38 heavy (non-hydrogen) atoms. The number of phenolic OH excluding ortho intramolecular Hbond substituents is 1. The number of phenols is 1. The van der Waals surface area contributed by atoms with Crippen LogP contribution in [0.4, 0.5) is 0 Å². The third-order valence-electron chi connectivity index (χ3n) is 8.86. The second kappa shape index (κ2) is 10.7. The van der Waals surface area contributed by atoms with E-state index in [0.717, 1.165) is 41.5 Å². The number of ketones is 2. The van der Waals surface area contributed by atoms with E-state index in [9.17, 15) is 19.7 Å². The van der Waals surface area contributed by atoms with Gasteiger partial charge in [0.1, 0.15) is 5.75 Å². The normalized spacial score (nSPS) is 25.3. The van der Waals surface area contributed by atoms with E-state index in [-0.39, 0.29) is 29.5 Å². The minimum atomic E-state index is -0.956. The van der Waals surface area contributed by atoms with Gasteiger partial charge in [-0.2, -0.15) is 0 Å². The molecule has 0 spiro atoms. The zero-order valence-electron chi connectivity index (χ0n) is 22.8. The highest BCUT2D eigenvalue weighted by Gasteiger charge is 2.53. The summed E-state index contributed by atoms with van der Waals surface area (Å²) in [5.74, 6) is -0.555. The zero-order chi connectivity index (χ0) is 27.1. The summed E-state index contributed by atoms with van der Waals surface area (Å²) >= 11 is 0. The Bertz CT molecular complexity index is 1320. The Balaban J connectivity index is 1.44. The first-order valence-electron chi connectivity index (χ1n) is 14.0. The molecule has 1 heterocycles. The van der Waals surface area contributed by atoms with Gasteiger partial charge in [-0.3, -0.25) is 9.59 Å². The Morgan fingerprint density at radius 2 is 1.71 bits per heavy atom. The van der Waals surface area contributed by atoms with E-state index in [2.05, 4.69) is 19.9 Å². The third-order valence-corrected chi connectivity index (χ3v) is 8.86. The van der Waals surface area contributed by atoms with Crippen molar-refractivity contribution < 1.29 is 24.4 Å². The molecule has 5 nitrogen and oxygen atoms in total. The number of hydrogen-bond acceptors (Lipinski definition) is 5. The number of hydrogen-bond donors (Lipinski definition) is 2. The molecule has 5 rings (SSSR count). The fourth-order valence-corrected chi connectivity index (χ4v) is 6.98. The maximum absolute atomic E-state index is 13.7. The lowest BCUT2D eigenvalue weighted by atomic mass is 9.54. The van der Waals surface area contributed by atoms with Crippen molar-refractivity contribution in [2.45, 2.75) is 72.2 Å². The number of aromatic hydroxyl groups is 1. The standard InChI is InChI=1S/C32H37BO5/c1-5-20(15-21-13-18(3)30(34)19(4)14-21)11-12-27-28-22(6-2)16-25-29(26(28)17-33(37)38-27)32(36)24-10-8-7-9-23(24)31(25)35/h7-10,13-15,25-27,29,34,37H,5-6,11-12,16-17H2,1-4H3/b20-15+/t25-,26+,27-,29-/m1/s1. The molecule has 1 saturated heterocycles. The number of benzene rings is 2. The molecular weight excluding hydrogens is 475 g/mol. The Hall–Kier alpha value is -2.96. The van der Waals surface area contributed by atoms with Crippen LogP contribution in [0.15, 0.2) is 53.1 Å². The van der Waals surface area contributed by atoms with Crippen LogP contribution in [0.3, 0.4) is 0 Å². The molecule has 2 aromatic rings. The van der Waals surface area contributed by atoms with Crippen LogP contribution >= 0.6 is 0 Å². The Kier molecular flexibility index (Phi) is 7.48. The summed E-state index contributed by atoms with van der Waals surface area (Å²) in [5, 5.41) is 20.9. The topological polar surface area (TPSA) is 83.8 Å². The van der Waals surface area contributed by atoms with Crippen molar-refractivity contribution in [3.63, 3.8) is 0 Å². The predicted octanol–water partition coefficient (Wildman–Crippen LogP) is 6.50. The largest absolute Gasteiger partial charge is 0.507 e. The lowest BCUT2D eigenvalue weighted by molar-refractivity contribution is 0.0599. The van der Waals surface area contributed by atoms with Gasteiger partial charge in [0, 0.05) is 23.0 Å². The van der Waals surface area contributed by atoms with Crippen LogP contribution in [-0.4, -0.2) is 34.9 Å². The minimum Gasteiger partial charge on any atom is -0.507 e. The fraction of sp³-hybridized carbons (Fsp3) is 0.438. The van der Waals surface area contributed by atoms with Crippen molar-refractivity contribution in [2.24, 2.45) is 17.8 Å². The molecule has 0 radical (unpaired) electrons. The molecule has 2 aromatic carbocycles. The second-order valence-corrected chi connectivity index (χ2v) is 11.1. The smallest absolute Gasteiger partial charge is 0.455 e. The molecule has 4 atom stereocenters. The van der Waals surface area contributed by atoms with Gasteiger partial charge in [0.05, 0.1) is 6.10 Å². The highest BCUT2D eigenvalue weighted by atomic mass is 16.5. The molecule has 0 aromatic heterocycles. The van der Waals surface area contributed by atoms with E-state index in [1.54, 1.807) is 12.1 Å². The summed E-state index contributed by atoms with van der Waals surface area (Å²) in [5.41, 5.74) is 7.46. The second-order valence-electron chi connectivity index (χ2n) is 11.1.